The van der Waals surface area contributed by atoms with Gasteiger partial charge < -0.3 is 13.9 Å². The first kappa shape index (κ1) is 13.3. The van der Waals surface area contributed by atoms with Crippen LogP contribution in [0.2, 0.25) is 0 Å². The van der Waals surface area contributed by atoms with Gasteiger partial charge in [0.25, 0.3) is 0 Å². The minimum atomic E-state index is 0.791. The van der Waals surface area contributed by atoms with Gasteiger partial charge in [-0.05, 0) is 42.5 Å². The summed E-state index contributed by atoms with van der Waals surface area (Å²) in [4.78, 5) is 0. The van der Waals surface area contributed by atoms with Crippen LogP contribution in [0.3, 0.4) is 0 Å². The maximum absolute atomic E-state index is 5.98. The smallest absolute Gasteiger partial charge is 0.142 e. The van der Waals surface area contributed by atoms with Crippen molar-refractivity contribution in [2.24, 2.45) is 0 Å². The van der Waals surface area contributed by atoms with E-state index in [4.69, 9.17) is 13.9 Å². The molecule has 0 unspecified atom stereocenters. The summed E-state index contributed by atoms with van der Waals surface area (Å²) in [6.45, 7) is 3.83. The number of hydrogen-bond acceptors (Lipinski definition) is 3. The molecule has 0 spiro atoms. The summed E-state index contributed by atoms with van der Waals surface area (Å²) in [5, 5.41) is 0.995. The molecule has 0 bridgehead atoms. The third kappa shape index (κ3) is 2.38. The van der Waals surface area contributed by atoms with E-state index in [9.17, 15) is 0 Å². The normalized spacial score (nSPS) is 10.6. The fraction of sp³-hybridized carbons (Fsp3) is 0.111. The molecule has 3 rings (SSSR count). The summed E-state index contributed by atoms with van der Waals surface area (Å²) in [5.41, 5.74) is 2.74. The third-order valence-electron chi connectivity index (χ3n) is 3.45. The predicted octanol–water partition coefficient (Wildman–Crippen LogP) is 4.76. The highest BCUT2D eigenvalue weighted by Crippen LogP contribution is 2.33. The minimum absolute atomic E-state index is 0.791. The molecule has 0 aliphatic carbocycles. The Balaban J connectivity index is 2.13. The zero-order valence-electron chi connectivity index (χ0n) is 12.1. The van der Waals surface area contributed by atoms with Crippen LogP contribution in [-0.4, -0.2) is 14.2 Å². The molecule has 3 heteroatoms. The van der Waals surface area contributed by atoms with E-state index in [-0.39, 0.29) is 0 Å². The second-order valence-electron chi connectivity index (χ2n) is 4.68. The molecule has 0 saturated carbocycles. The molecule has 0 fully saturated rings. The molecule has 21 heavy (non-hydrogen) atoms. The average molecular weight is 280 g/mol. The molecule has 3 aromatic rings. The molecule has 106 valence electrons. The van der Waals surface area contributed by atoms with Gasteiger partial charge in [0.1, 0.15) is 22.8 Å². The van der Waals surface area contributed by atoms with E-state index in [0.717, 1.165) is 39.4 Å². The number of benzene rings is 2. The van der Waals surface area contributed by atoms with Gasteiger partial charge in [0, 0.05) is 16.5 Å². The fourth-order valence-electron chi connectivity index (χ4n) is 2.32. The van der Waals surface area contributed by atoms with Crippen molar-refractivity contribution in [2.75, 3.05) is 14.2 Å². The Labute approximate surface area is 123 Å². The van der Waals surface area contributed by atoms with E-state index in [2.05, 4.69) is 6.58 Å². The van der Waals surface area contributed by atoms with Gasteiger partial charge in [0.2, 0.25) is 0 Å². The largest absolute Gasteiger partial charge is 0.497 e. The standard InChI is InChI=1S/C18H16O3/c1-4-12-9-16(20-3)10-14-11-17(21-18(12)14)13-5-7-15(19-2)8-6-13/h4-11H,1H2,2-3H3. The lowest BCUT2D eigenvalue weighted by atomic mass is 10.1. The quantitative estimate of drug-likeness (QED) is 0.690. The molecular formula is C18H16O3. The molecule has 0 amide bonds. The predicted molar refractivity (Wildman–Crippen MR) is 84.8 cm³/mol. The molecule has 3 nitrogen and oxygen atoms in total. The van der Waals surface area contributed by atoms with Crippen LogP contribution >= 0.6 is 0 Å². The Bertz CT molecular complexity index is 782. The molecule has 0 aliphatic rings. The maximum atomic E-state index is 5.98. The second-order valence-corrected chi connectivity index (χ2v) is 4.68. The first-order valence-corrected chi connectivity index (χ1v) is 6.63. The highest BCUT2D eigenvalue weighted by atomic mass is 16.5. The minimum Gasteiger partial charge on any atom is -0.497 e. The number of furan rings is 1. The zero-order chi connectivity index (χ0) is 14.8. The summed E-state index contributed by atoms with van der Waals surface area (Å²) < 4.78 is 16.5. The number of methoxy groups -OCH3 is 2. The van der Waals surface area contributed by atoms with Gasteiger partial charge >= 0.3 is 0 Å². The molecule has 2 aromatic carbocycles. The Hall–Kier alpha value is -2.68. The Morgan fingerprint density at radius 1 is 0.952 bits per heavy atom. The number of fused-ring (bicyclic) bond motifs is 1. The van der Waals surface area contributed by atoms with Crippen LogP contribution < -0.4 is 9.47 Å². The van der Waals surface area contributed by atoms with Crippen molar-refractivity contribution in [1.82, 2.24) is 0 Å². The molecular weight excluding hydrogens is 264 g/mol. The summed E-state index contributed by atoms with van der Waals surface area (Å²) in [6.07, 6.45) is 1.77. The summed E-state index contributed by atoms with van der Waals surface area (Å²) in [7, 11) is 3.30. The first-order valence-electron chi connectivity index (χ1n) is 6.63. The van der Waals surface area contributed by atoms with Crippen molar-refractivity contribution in [2.45, 2.75) is 0 Å². The van der Waals surface area contributed by atoms with Crippen LogP contribution in [0.5, 0.6) is 11.5 Å². The van der Waals surface area contributed by atoms with Crippen molar-refractivity contribution >= 4 is 17.0 Å². The lowest BCUT2D eigenvalue weighted by Crippen LogP contribution is -1.83. The lowest BCUT2D eigenvalue weighted by Gasteiger charge is -2.02. The molecule has 1 heterocycles. The molecule has 0 radical (unpaired) electrons. The Morgan fingerprint density at radius 3 is 2.29 bits per heavy atom. The SMILES string of the molecule is C=Cc1cc(OC)cc2cc(-c3ccc(OC)cc3)oc12. The van der Waals surface area contributed by atoms with Gasteiger partial charge in [-0.15, -0.1) is 0 Å². The van der Waals surface area contributed by atoms with Crippen molar-refractivity contribution in [3.8, 4) is 22.8 Å². The first-order chi connectivity index (χ1) is 10.2. The van der Waals surface area contributed by atoms with Crippen LogP contribution in [0.25, 0.3) is 28.4 Å². The highest BCUT2D eigenvalue weighted by Gasteiger charge is 2.11. The van der Waals surface area contributed by atoms with E-state index in [1.807, 2.05) is 42.5 Å². The topological polar surface area (TPSA) is 31.6 Å². The summed E-state index contributed by atoms with van der Waals surface area (Å²) in [6, 6.07) is 13.7. The van der Waals surface area contributed by atoms with Gasteiger partial charge in [-0.25, -0.2) is 0 Å². The third-order valence-corrected chi connectivity index (χ3v) is 3.45. The summed E-state index contributed by atoms with van der Waals surface area (Å²) in [5.74, 6) is 2.42. The van der Waals surface area contributed by atoms with Crippen LogP contribution in [0.15, 0.2) is 53.5 Å². The van der Waals surface area contributed by atoms with E-state index in [0.29, 0.717) is 0 Å². The molecule has 1 aromatic heterocycles. The highest BCUT2D eigenvalue weighted by molar-refractivity contribution is 5.90. The van der Waals surface area contributed by atoms with Gasteiger partial charge in [0.05, 0.1) is 14.2 Å². The molecule has 0 atom stereocenters. The lowest BCUT2D eigenvalue weighted by molar-refractivity contribution is 0.414. The van der Waals surface area contributed by atoms with Crippen molar-refractivity contribution in [3.05, 3.63) is 54.6 Å². The monoisotopic (exact) mass is 280 g/mol. The van der Waals surface area contributed by atoms with Crippen molar-refractivity contribution in [3.63, 3.8) is 0 Å². The Morgan fingerprint density at radius 2 is 1.67 bits per heavy atom. The molecule has 0 aliphatic heterocycles. The molecule has 0 N–H and O–H groups in total. The molecule has 0 saturated heterocycles. The maximum Gasteiger partial charge on any atom is 0.142 e. The van der Waals surface area contributed by atoms with E-state index in [1.54, 1.807) is 20.3 Å². The van der Waals surface area contributed by atoms with Crippen LogP contribution in [-0.2, 0) is 0 Å². The zero-order valence-corrected chi connectivity index (χ0v) is 12.1. The number of ether oxygens (including phenoxy) is 2. The van der Waals surface area contributed by atoms with Gasteiger partial charge in [-0.1, -0.05) is 12.7 Å². The van der Waals surface area contributed by atoms with Crippen molar-refractivity contribution in [1.29, 1.82) is 0 Å². The van der Waals surface area contributed by atoms with E-state index in [1.165, 1.54) is 0 Å². The van der Waals surface area contributed by atoms with Gasteiger partial charge in [-0.3, -0.25) is 0 Å². The van der Waals surface area contributed by atoms with Crippen LogP contribution in [0.4, 0.5) is 0 Å². The van der Waals surface area contributed by atoms with Gasteiger partial charge in [-0.2, -0.15) is 0 Å². The Kier molecular flexibility index (Phi) is 3.40. The fourth-order valence-corrected chi connectivity index (χ4v) is 2.32. The van der Waals surface area contributed by atoms with Crippen LogP contribution in [0, 0.1) is 0 Å². The van der Waals surface area contributed by atoms with Crippen molar-refractivity contribution < 1.29 is 13.9 Å². The second kappa shape index (κ2) is 5.37. The summed E-state index contributed by atoms with van der Waals surface area (Å²) >= 11 is 0. The van der Waals surface area contributed by atoms with E-state index < -0.39 is 0 Å². The average Bonchev–Trinajstić information content (AvgIpc) is 2.97. The van der Waals surface area contributed by atoms with Crippen LogP contribution in [0.1, 0.15) is 5.56 Å². The number of hydrogen-bond donors (Lipinski definition) is 0. The van der Waals surface area contributed by atoms with E-state index >= 15 is 0 Å². The van der Waals surface area contributed by atoms with Gasteiger partial charge in [0.15, 0.2) is 0 Å². The number of rotatable bonds is 4.